The van der Waals surface area contributed by atoms with Crippen molar-refractivity contribution in [1.82, 2.24) is 9.88 Å². The van der Waals surface area contributed by atoms with Crippen molar-refractivity contribution in [1.29, 1.82) is 0 Å². The van der Waals surface area contributed by atoms with Gasteiger partial charge in [0.05, 0.1) is 16.9 Å². The monoisotopic (exact) mass is 833 g/mol. The minimum absolute atomic E-state index is 0.0395. The number of nitrogens with one attached hydrogen (secondary N) is 1. The van der Waals surface area contributed by atoms with Crippen molar-refractivity contribution < 1.29 is 28.7 Å². The Morgan fingerprint density at radius 3 is 2.58 bits per heavy atom. The Bertz CT molecular complexity index is 2150. The first-order valence-corrected chi connectivity index (χ1v) is 25.0. The number of nitrogens with zero attached hydrogens (tertiary/aromatic N) is 2. The van der Waals surface area contributed by atoms with Crippen molar-refractivity contribution >= 4 is 51.2 Å². The molecule has 1 spiro atoms. The molecule has 4 aliphatic heterocycles. The molecular weight excluding hydrogens is 779 g/mol. The van der Waals surface area contributed by atoms with Crippen molar-refractivity contribution in [3.8, 4) is 0 Å². The van der Waals surface area contributed by atoms with E-state index < -0.39 is 11.3 Å². The summed E-state index contributed by atoms with van der Waals surface area (Å²) >= 11 is 0. The lowest BCUT2D eigenvalue weighted by Crippen LogP contribution is -2.53. The number of cyclic esters (lactones) is 1. The van der Waals surface area contributed by atoms with Crippen molar-refractivity contribution in [2.45, 2.75) is 121 Å². The summed E-state index contributed by atoms with van der Waals surface area (Å²) in [6.45, 7) is 2.37. The van der Waals surface area contributed by atoms with E-state index >= 15 is 4.79 Å². The molecule has 1 N–H and O–H groups in total. The number of carbonyl (C=O) groups excluding carboxylic acids is 4. The van der Waals surface area contributed by atoms with E-state index in [0.717, 1.165) is 90.5 Å². The average Bonchev–Trinajstić information content (AvgIpc) is 4.02. The minimum Gasteiger partial charge on any atom is -0.427 e. The van der Waals surface area contributed by atoms with Crippen molar-refractivity contribution in [3.63, 3.8) is 0 Å². The Morgan fingerprint density at radius 1 is 0.915 bits per heavy atom. The third-order valence-electron chi connectivity index (χ3n) is 16.9. The van der Waals surface area contributed by atoms with Gasteiger partial charge in [0, 0.05) is 53.1 Å². The molecule has 0 radical (unpaired) electrons. The van der Waals surface area contributed by atoms with Crippen LogP contribution in [0.4, 0.5) is 5.82 Å². The van der Waals surface area contributed by atoms with Gasteiger partial charge in [-0.25, -0.2) is 14.6 Å². The van der Waals surface area contributed by atoms with Crippen LogP contribution in [0, 0.1) is 46.3 Å². The number of carbonyl (C=O) groups is 4. The predicted molar refractivity (Wildman–Crippen MR) is 228 cm³/mol. The normalized spacial score (nSPS) is 37.8. The Kier molecular flexibility index (Phi) is 9.63. The molecule has 4 saturated carbocycles. The van der Waals surface area contributed by atoms with Crippen LogP contribution in [0.15, 0.2) is 76.4 Å². The Morgan fingerprint density at radius 2 is 1.75 bits per heavy atom. The summed E-state index contributed by atoms with van der Waals surface area (Å²) in [5.41, 5.74) is 3.58. The fraction of sp³-hybridized carbons (Fsp3) is 0.604. The molecule has 1 aromatic heterocycles. The topological polar surface area (TPSA) is 115 Å². The van der Waals surface area contributed by atoms with Gasteiger partial charge >= 0.3 is 11.9 Å². The van der Waals surface area contributed by atoms with Gasteiger partial charge in [-0.15, -0.1) is 0 Å². The number of rotatable bonds is 4. The largest absolute Gasteiger partial charge is 0.427 e. The predicted octanol–water partition coefficient (Wildman–Crippen LogP) is 9.71. The van der Waals surface area contributed by atoms with E-state index in [9.17, 15) is 14.4 Å². The maximum Gasteiger partial charge on any atom is 0.340 e. The highest BCUT2D eigenvalue weighted by Crippen LogP contribution is 2.72. The number of pyridine rings is 1. The van der Waals surface area contributed by atoms with Crippen molar-refractivity contribution in [3.05, 3.63) is 82.0 Å². The van der Waals surface area contributed by atoms with Gasteiger partial charge in [-0.1, -0.05) is 60.6 Å². The van der Waals surface area contributed by atoms with E-state index in [1.807, 2.05) is 33.7 Å². The first-order chi connectivity index (χ1) is 28.8. The zero-order chi connectivity index (χ0) is 40.0. The van der Waals surface area contributed by atoms with Gasteiger partial charge in [0.25, 0.3) is 11.8 Å². The average molecular weight is 834 g/mol. The second-order valence-electron chi connectivity index (χ2n) is 19.2. The summed E-state index contributed by atoms with van der Waals surface area (Å²) < 4.78 is 13.1. The lowest BCUT2D eigenvalue weighted by atomic mass is 9.43. The van der Waals surface area contributed by atoms with Crippen LogP contribution >= 0.6 is 21.6 Å². The SMILES string of the molecule is CCC1(C=C2OC(=O)C3=C2CC[C@@H]2[C@@H]3[C@]34CC[C@H]2C2=C3C(=O)OC4=CC[C@H]3[C@H]4CCCC[C@@H]4CC[C@H]3SSCNc3cc(ccn3)[C@@H]2CN2C(=O)C=CC2=O)CCCC1. The Labute approximate surface area is 355 Å². The highest BCUT2D eigenvalue weighted by Gasteiger charge is 2.69. The Balaban J connectivity index is 1.11. The minimum atomic E-state index is -0.837. The molecule has 0 aromatic carbocycles. The highest BCUT2D eigenvalue weighted by molar-refractivity contribution is 8.77. The van der Waals surface area contributed by atoms with E-state index in [4.69, 9.17) is 14.5 Å². The summed E-state index contributed by atoms with van der Waals surface area (Å²) in [5.74, 6) is 2.84. The van der Waals surface area contributed by atoms with Crippen molar-refractivity contribution in [2.24, 2.45) is 46.3 Å². The van der Waals surface area contributed by atoms with E-state index in [2.05, 4.69) is 24.4 Å². The molecule has 11 heteroatoms. The third-order valence-corrected chi connectivity index (χ3v) is 19.6. The molecule has 12 rings (SSSR count). The standard InChI is InChI=1S/C48H55N3O6S2/c1-2-47(19-5-6-20-47)24-35-33-11-10-32-31-17-21-48(43(32)42(33)45(54)56-35)37-14-12-30-29-8-4-3-7-27(29)9-13-36(30)59-58-26-50-38-23-28(18-22-49-38)34(41(31)44(48)46(55)57-37)25-51-39(52)15-16-40(51)53/h14-16,18,22-24,27,29-32,34,36,43H,2-13,17,19-21,25-26H2,1H3,(H,49,50)/t27-,29+,30+,31-,32+,34+,36-,43+,48-/m1/s1. The molecule has 5 heterocycles. The molecule has 7 aliphatic carbocycles. The number of imide groups is 1. The summed E-state index contributed by atoms with van der Waals surface area (Å²) in [5, 5.41) is 4.06. The van der Waals surface area contributed by atoms with Crippen LogP contribution in [0.5, 0.6) is 0 Å². The van der Waals surface area contributed by atoms with Crippen LogP contribution in [0.3, 0.4) is 0 Å². The van der Waals surface area contributed by atoms with Crippen LogP contribution < -0.4 is 5.32 Å². The molecule has 11 aliphatic rings. The molecule has 1 aromatic rings. The van der Waals surface area contributed by atoms with Gasteiger partial charge in [-0.05, 0) is 141 Å². The smallest absolute Gasteiger partial charge is 0.340 e. The fourth-order valence-electron chi connectivity index (χ4n) is 14.2. The van der Waals surface area contributed by atoms with Crippen LogP contribution in [-0.4, -0.2) is 51.3 Å². The van der Waals surface area contributed by atoms with Gasteiger partial charge in [0.15, 0.2) is 0 Å². The van der Waals surface area contributed by atoms with Crippen LogP contribution in [0.2, 0.25) is 0 Å². The fourth-order valence-corrected chi connectivity index (χ4v) is 17.0. The summed E-state index contributed by atoms with van der Waals surface area (Å²) in [6, 6.07) is 4.02. The molecule has 7 bridgehead atoms. The second kappa shape index (κ2) is 14.8. The molecule has 310 valence electrons. The van der Waals surface area contributed by atoms with Crippen LogP contribution in [0.1, 0.15) is 121 Å². The van der Waals surface area contributed by atoms with E-state index in [-0.39, 0.29) is 53.5 Å². The second-order valence-corrected chi connectivity index (χ2v) is 21.8. The van der Waals surface area contributed by atoms with Crippen LogP contribution in [-0.2, 0) is 28.7 Å². The molecule has 1 saturated heterocycles. The van der Waals surface area contributed by atoms with E-state index in [1.54, 1.807) is 6.20 Å². The van der Waals surface area contributed by atoms with Gasteiger partial charge in [-0.2, -0.15) is 0 Å². The summed E-state index contributed by atoms with van der Waals surface area (Å²) in [6.07, 6.45) is 26.3. The van der Waals surface area contributed by atoms with Gasteiger partial charge in [0.2, 0.25) is 0 Å². The lowest BCUT2D eigenvalue weighted by Gasteiger charge is -2.57. The van der Waals surface area contributed by atoms with Gasteiger partial charge in [-0.3, -0.25) is 14.5 Å². The lowest BCUT2D eigenvalue weighted by molar-refractivity contribution is -0.137. The van der Waals surface area contributed by atoms with Gasteiger partial charge < -0.3 is 14.8 Å². The zero-order valence-electron chi connectivity index (χ0n) is 34.0. The Hall–Kier alpha value is -3.57. The molecule has 2 amide bonds. The number of amides is 2. The molecule has 59 heavy (non-hydrogen) atoms. The molecule has 0 unspecified atom stereocenters. The van der Waals surface area contributed by atoms with Crippen LogP contribution in [0.25, 0.3) is 0 Å². The maximum atomic E-state index is 15.0. The van der Waals surface area contributed by atoms with E-state index in [0.29, 0.717) is 35.0 Å². The first-order valence-electron chi connectivity index (χ1n) is 22.7. The third kappa shape index (κ3) is 6.04. The summed E-state index contributed by atoms with van der Waals surface area (Å²) in [7, 11) is 3.85. The van der Waals surface area contributed by atoms with Gasteiger partial charge in [0.1, 0.15) is 17.3 Å². The molecule has 9 nitrogen and oxygen atoms in total. The number of ether oxygens (including phenoxy) is 2. The first kappa shape index (κ1) is 38.4. The quantitative estimate of drug-likeness (QED) is 0.179. The maximum absolute atomic E-state index is 15.0. The van der Waals surface area contributed by atoms with E-state index in [1.165, 1.54) is 68.4 Å². The number of anilines is 1. The number of hydrogen-bond acceptors (Lipinski definition) is 10. The zero-order valence-corrected chi connectivity index (χ0v) is 35.7. The molecular formula is C48H55N3O6S2. The number of allylic oxidation sites excluding steroid dienone is 4. The summed E-state index contributed by atoms with van der Waals surface area (Å²) in [4.78, 5) is 62.2. The highest BCUT2D eigenvalue weighted by atomic mass is 33.1. The number of hydrogen-bond donors (Lipinski definition) is 1. The number of fused-ring (bicyclic) bond motifs is 6. The molecule has 9 atom stereocenters. The van der Waals surface area contributed by atoms with Crippen molar-refractivity contribution in [2.75, 3.05) is 17.7 Å². The molecule has 5 fully saturated rings. The number of aromatic nitrogens is 1. The number of esters is 2.